The molecule has 0 radical (unpaired) electrons. The summed E-state index contributed by atoms with van der Waals surface area (Å²) < 4.78 is 5.20. The van der Waals surface area contributed by atoms with E-state index in [2.05, 4.69) is 42.9 Å². The summed E-state index contributed by atoms with van der Waals surface area (Å²) in [5, 5.41) is 4.53. The van der Waals surface area contributed by atoms with E-state index in [1.807, 2.05) is 6.20 Å². The molecule has 19 heavy (non-hydrogen) atoms. The summed E-state index contributed by atoms with van der Waals surface area (Å²) in [6.45, 7) is 11.3. The SMILES string of the molecule is CCC(C)N(CCOC)c1ncc(CNC(C)C)s1. The molecule has 0 amide bonds. The zero-order chi connectivity index (χ0) is 14.3. The second kappa shape index (κ2) is 8.51. The Labute approximate surface area is 121 Å². The molecule has 1 aromatic heterocycles. The fourth-order valence-corrected chi connectivity index (χ4v) is 2.72. The quantitative estimate of drug-likeness (QED) is 0.757. The Morgan fingerprint density at radius 3 is 2.74 bits per heavy atom. The fourth-order valence-electron chi connectivity index (χ4n) is 1.73. The van der Waals surface area contributed by atoms with Crippen molar-refractivity contribution in [2.75, 3.05) is 25.2 Å². The highest BCUT2D eigenvalue weighted by atomic mass is 32.1. The molecule has 1 N–H and O–H groups in total. The maximum atomic E-state index is 5.20. The molecule has 0 aliphatic carbocycles. The van der Waals surface area contributed by atoms with E-state index in [9.17, 15) is 0 Å². The third kappa shape index (κ3) is 5.47. The Kier molecular flexibility index (Phi) is 7.34. The van der Waals surface area contributed by atoms with E-state index in [0.29, 0.717) is 12.1 Å². The van der Waals surface area contributed by atoms with Gasteiger partial charge in [0.2, 0.25) is 0 Å². The topological polar surface area (TPSA) is 37.4 Å². The molecule has 1 atom stereocenters. The largest absolute Gasteiger partial charge is 0.383 e. The van der Waals surface area contributed by atoms with Crippen molar-refractivity contribution in [3.05, 3.63) is 11.1 Å². The maximum absolute atomic E-state index is 5.20. The lowest BCUT2D eigenvalue weighted by atomic mass is 10.2. The smallest absolute Gasteiger partial charge is 0.185 e. The van der Waals surface area contributed by atoms with E-state index in [0.717, 1.165) is 31.2 Å². The number of anilines is 1. The molecule has 4 nitrogen and oxygen atoms in total. The van der Waals surface area contributed by atoms with Crippen LogP contribution in [0.25, 0.3) is 0 Å². The molecular formula is C14H27N3OS. The van der Waals surface area contributed by atoms with Gasteiger partial charge in [0.25, 0.3) is 0 Å². The molecular weight excluding hydrogens is 258 g/mol. The molecule has 1 aromatic rings. The van der Waals surface area contributed by atoms with Gasteiger partial charge in [-0.05, 0) is 13.3 Å². The highest BCUT2D eigenvalue weighted by Crippen LogP contribution is 2.25. The lowest BCUT2D eigenvalue weighted by Gasteiger charge is -2.27. The van der Waals surface area contributed by atoms with E-state index in [-0.39, 0.29) is 0 Å². The van der Waals surface area contributed by atoms with Gasteiger partial charge in [0, 0.05) is 43.4 Å². The number of ether oxygens (including phenoxy) is 1. The lowest BCUT2D eigenvalue weighted by molar-refractivity contribution is 0.203. The molecule has 0 saturated carbocycles. The van der Waals surface area contributed by atoms with E-state index < -0.39 is 0 Å². The van der Waals surface area contributed by atoms with Crippen molar-refractivity contribution in [3.63, 3.8) is 0 Å². The minimum Gasteiger partial charge on any atom is -0.383 e. The third-order valence-electron chi connectivity index (χ3n) is 3.13. The van der Waals surface area contributed by atoms with Crippen molar-refractivity contribution >= 4 is 16.5 Å². The fraction of sp³-hybridized carbons (Fsp3) is 0.786. The number of aromatic nitrogens is 1. The van der Waals surface area contributed by atoms with Gasteiger partial charge in [0.15, 0.2) is 5.13 Å². The average Bonchev–Trinajstić information content (AvgIpc) is 2.85. The van der Waals surface area contributed by atoms with E-state index in [1.165, 1.54) is 4.88 Å². The van der Waals surface area contributed by atoms with Gasteiger partial charge < -0.3 is 15.0 Å². The first-order chi connectivity index (χ1) is 9.08. The van der Waals surface area contributed by atoms with Crippen molar-refractivity contribution < 1.29 is 4.74 Å². The van der Waals surface area contributed by atoms with Crippen molar-refractivity contribution in [1.82, 2.24) is 10.3 Å². The van der Waals surface area contributed by atoms with Gasteiger partial charge in [-0.2, -0.15) is 0 Å². The Morgan fingerprint density at radius 2 is 2.16 bits per heavy atom. The average molecular weight is 285 g/mol. The summed E-state index contributed by atoms with van der Waals surface area (Å²) in [6.07, 6.45) is 3.10. The monoisotopic (exact) mass is 285 g/mol. The molecule has 0 aliphatic rings. The molecule has 0 aliphatic heterocycles. The summed E-state index contributed by atoms with van der Waals surface area (Å²) >= 11 is 1.77. The Morgan fingerprint density at radius 1 is 1.42 bits per heavy atom. The van der Waals surface area contributed by atoms with E-state index >= 15 is 0 Å². The molecule has 5 heteroatoms. The van der Waals surface area contributed by atoms with Gasteiger partial charge >= 0.3 is 0 Å². The number of hydrogen-bond donors (Lipinski definition) is 1. The van der Waals surface area contributed by atoms with Crippen LogP contribution < -0.4 is 10.2 Å². The Hall–Kier alpha value is -0.650. The van der Waals surface area contributed by atoms with Crippen LogP contribution in [0.15, 0.2) is 6.20 Å². The van der Waals surface area contributed by atoms with Crippen molar-refractivity contribution in [3.8, 4) is 0 Å². The number of methoxy groups -OCH3 is 1. The molecule has 0 spiro atoms. The van der Waals surface area contributed by atoms with Gasteiger partial charge in [-0.1, -0.05) is 20.8 Å². The van der Waals surface area contributed by atoms with Gasteiger partial charge in [-0.3, -0.25) is 0 Å². The summed E-state index contributed by atoms with van der Waals surface area (Å²) in [6, 6.07) is 0.997. The minimum absolute atomic E-state index is 0.493. The number of hydrogen-bond acceptors (Lipinski definition) is 5. The van der Waals surface area contributed by atoms with Gasteiger partial charge in [-0.25, -0.2) is 4.98 Å². The van der Waals surface area contributed by atoms with Crippen LogP contribution in [0.5, 0.6) is 0 Å². The van der Waals surface area contributed by atoms with Gasteiger partial charge in [0.1, 0.15) is 0 Å². The number of nitrogens with one attached hydrogen (secondary N) is 1. The zero-order valence-electron chi connectivity index (χ0n) is 12.8. The molecule has 1 unspecified atom stereocenters. The molecule has 1 rings (SSSR count). The van der Waals surface area contributed by atoms with Crippen molar-refractivity contribution in [2.45, 2.75) is 52.7 Å². The number of thiazole rings is 1. The maximum Gasteiger partial charge on any atom is 0.185 e. The summed E-state index contributed by atoms with van der Waals surface area (Å²) in [5.74, 6) is 0. The van der Waals surface area contributed by atoms with Crippen LogP contribution in [0.4, 0.5) is 5.13 Å². The molecule has 0 fully saturated rings. The first kappa shape index (κ1) is 16.4. The zero-order valence-corrected chi connectivity index (χ0v) is 13.6. The van der Waals surface area contributed by atoms with E-state index in [1.54, 1.807) is 18.4 Å². The van der Waals surface area contributed by atoms with Crippen LogP contribution >= 0.6 is 11.3 Å². The summed E-state index contributed by atoms with van der Waals surface area (Å²) in [7, 11) is 1.74. The van der Waals surface area contributed by atoms with Gasteiger partial charge in [0.05, 0.1) is 6.61 Å². The molecule has 1 heterocycles. The third-order valence-corrected chi connectivity index (χ3v) is 4.17. The van der Waals surface area contributed by atoms with Gasteiger partial charge in [-0.15, -0.1) is 11.3 Å². The highest BCUT2D eigenvalue weighted by Gasteiger charge is 2.16. The first-order valence-corrected chi connectivity index (χ1v) is 7.83. The summed E-state index contributed by atoms with van der Waals surface area (Å²) in [5.41, 5.74) is 0. The molecule has 0 bridgehead atoms. The van der Waals surface area contributed by atoms with Crippen LogP contribution in [-0.2, 0) is 11.3 Å². The molecule has 0 aromatic carbocycles. The Bertz CT molecular complexity index is 354. The normalized spacial score (nSPS) is 12.9. The van der Waals surface area contributed by atoms with Crippen molar-refractivity contribution in [2.24, 2.45) is 0 Å². The Balaban J connectivity index is 2.67. The first-order valence-electron chi connectivity index (χ1n) is 7.02. The van der Waals surface area contributed by atoms with Crippen LogP contribution in [-0.4, -0.2) is 37.3 Å². The van der Waals surface area contributed by atoms with Crippen LogP contribution in [0.1, 0.15) is 39.0 Å². The predicted octanol–water partition coefficient (Wildman–Crippen LogP) is 2.89. The van der Waals surface area contributed by atoms with Crippen molar-refractivity contribution in [1.29, 1.82) is 0 Å². The van der Waals surface area contributed by atoms with Crippen LogP contribution in [0.2, 0.25) is 0 Å². The predicted molar refractivity (Wildman–Crippen MR) is 83.1 cm³/mol. The summed E-state index contributed by atoms with van der Waals surface area (Å²) in [4.78, 5) is 8.19. The highest BCUT2D eigenvalue weighted by molar-refractivity contribution is 7.15. The molecule has 110 valence electrons. The van der Waals surface area contributed by atoms with Crippen LogP contribution in [0.3, 0.4) is 0 Å². The standard InChI is InChI=1S/C14H27N3OS/c1-6-12(4)17(7-8-18-5)14-16-10-13(19-14)9-15-11(2)3/h10-12,15H,6-9H2,1-5H3. The number of rotatable bonds is 9. The minimum atomic E-state index is 0.493. The van der Waals surface area contributed by atoms with Crippen LogP contribution in [0, 0.1) is 0 Å². The second-order valence-electron chi connectivity index (χ2n) is 5.09. The second-order valence-corrected chi connectivity index (χ2v) is 6.18. The molecule has 0 saturated heterocycles. The number of nitrogens with zero attached hydrogens (tertiary/aromatic N) is 2. The lowest BCUT2D eigenvalue weighted by Crippen LogP contribution is -2.35. The van der Waals surface area contributed by atoms with E-state index in [4.69, 9.17) is 4.74 Å².